The maximum atomic E-state index is 13.5. The van der Waals surface area contributed by atoms with E-state index in [1.807, 2.05) is 0 Å². The summed E-state index contributed by atoms with van der Waals surface area (Å²) in [5, 5.41) is 4.70. The fraction of sp³-hybridized carbons (Fsp3) is 0.167. The lowest BCUT2D eigenvalue weighted by Crippen LogP contribution is -2.35. The molecule has 0 spiro atoms. The molecular weight excluding hydrogens is 362 g/mol. The number of hydrogen-bond donors (Lipinski definition) is 2. The molecule has 2 aromatic rings. The molecular formula is C18H16F2N2O5. The Morgan fingerprint density at radius 1 is 1.00 bits per heavy atom. The zero-order valence-electron chi connectivity index (χ0n) is 14.3. The second-order valence-electron chi connectivity index (χ2n) is 5.26. The first-order valence-electron chi connectivity index (χ1n) is 7.72. The van der Waals surface area contributed by atoms with Gasteiger partial charge in [-0.1, -0.05) is 0 Å². The van der Waals surface area contributed by atoms with Crippen LogP contribution in [0.25, 0.3) is 0 Å². The minimum Gasteiger partial charge on any atom is -0.494 e. The molecule has 0 aliphatic heterocycles. The van der Waals surface area contributed by atoms with E-state index in [4.69, 9.17) is 9.47 Å². The Balaban J connectivity index is 1.75. The first-order chi connectivity index (χ1) is 12.9. The number of ether oxygens (including phenoxy) is 2. The second-order valence-corrected chi connectivity index (χ2v) is 5.26. The Hall–Kier alpha value is -3.49. The lowest BCUT2D eigenvalue weighted by Gasteiger charge is -2.08. The summed E-state index contributed by atoms with van der Waals surface area (Å²) in [5.74, 6) is -3.38. The van der Waals surface area contributed by atoms with Gasteiger partial charge in [-0.25, -0.2) is 13.6 Å². The van der Waals surface area contributed by atoms with Crippen molar-refractivity contribution in [1.29, 1.82) is 0 Å². The van der Waals surface area contributed by atoms with E-state index >= 15 is 0 Å². The molecule has 0 radical (unpaired) electrons. The number of nitrogens with one attached hydrogen (secondary N) is 2. The van der Waals surface area contributed by atoms with Gasteiger partial charge in [0.05, 0.1) is 19.2 Å². The molecule has 0 atom stereocenters. The largest absolute Gasteiger partial charge is 0.494 e. The molecule has 27 heavy (non-hydrogen) atoms. The Morgan fingerprint density at radius 2 is 1.70 bits per heavy atom. The van der Waals surface area contributed by atoms with Crippen LogP contribution in [0.4, 0.5) is 14.5 Å². The van der Waals surface area contributed by atoms with Crippen molar-refractivity contribution in [3.8, 4) is 5.75 Å². The molecule has 2 rings (SSSR count). The van der Waals surface area contributed by atoms with Crippen LogP contribution in [0.1, 0.15) is 10.4 Å². The molecule has 0 unspecified atom stereocenters. The molecule has 0 aliphatic carbocycles. The van der Waals surface area contributed by atoms with Crippen LogP contribution in [-0.4, -0.2) is 38.0 Å². The van der Waals surface area contributed by atoms with Gasteiger partial charge in [-0.2, -0.15) is 0 Å². The quantitative estimate of drug-likeness (QED) is 0.718. The second kappa shape index (κ2) is 9.27. The number of anilines is 1. The third-order valence-corrected chi connectivity index (χ3v) is 3.30. The van der Waals surface area contributed by atoms with Gasteiger partial charge in [-0.05, 0) is 42.5 Å². The number of esters is 1. The van der Waals surface area contributed by atoms with Crippen LogP contribution in [0.2, 0.25) is 0 Å². The number of methoxy groups -OCH3 is 1. The predicted molar refractivity (Wildman–Crippen MR) is 91.3 cm³/mol. The van der Waals surface area contributed by atoms with Crippen LogP contribution >= 0.6 is 0 Å². The van der Waals surface area contributed by atoms with E-state index in [2.05, 4.69) is 10.6 Å². The summed E-state index contributed by atoms with van der Waals surface area (Å²) in [6, 6.07) is 8.56. The van der Waals surface area contributed by atoms with Crippen molar-refractivity contribution >= 4 is 23.5 Å². The van der Waals surface area contributed by atoms with E-state index in [0.717, 1.165) is 6.07 Å². The van der Waals surface area contributed by atoms with Gasteiger partial charge in [0, 0.05) is 5.69 Å². The third-order valence-electron chi connectivity index (χ3n) is 3.30. The van der Waals surface area contributed by atoms with Crippen molar-refractivity contribution < 1.29 is 32.6 Å². The minimum atomic E-state index is -0.900. The van der Waals surface area contributed by atoms with Crippen molar-refractivity contribution in [2.24, 2.45) is 0 Å². The molecule has 2 N–H and O–H groups in total. The summed E-state index contributed by atoms with van der Waals surface area (Å²) in [7, 11) is 1.28. The average molecular weight is 378 g/mol. The number of rotatable bonds is 7. The standard InChI is InChI=1S/C18H16F2N2O5/c1-26-15-7-2-11(8-14(15)20)18(25)27-10-17(24)21-9-16(23)22-13-5-3-12(19)4-6-13/h2-8H,9-10H2,1H3,(H,21,24)(H,22,23). The highest BCUT2D eigenvalue weighted by atomic mass is 19.1. The summed E-state index contributed by atoms with van der Waals surface area (Å²) in [6.07, 6.45) is 0. The van der Waals surface area contributed by atoms with E-state index < -0.39 is 36.0 Å². The number of carbonyl (C=O) groups excluding carboxylic acids is 3. The van der Waals surface area contributed by atoms with Crippen LogP contribution in [0.3, 0.4) is 0 Å². The zero-order chi connectivity index (χ0) is 19.8. The average Bonchev–Trinajstić information content (AvgIpc) is 2.66. The van der Waals surface area contributed by atoms with Gasteiger partial charge in [-0.3, -0.25) is 9.59 Å². The number of halogens is 2. The van der Waals surface area contributed by atoms with E-state index in [1.54, 1.807) is 0 Å². The molecule has 2 amide bonds. The number of amides is 2. The van der Waals surface area contributed by atoms with Crippen LogP contribution in [0.5, 0.6) is 5.75 Å². The Morgan fingerprint density at radius 3 is 2.33 bits per heavy atom. The summed E-state index contributed by atoms with van der Waals surface area (Å²) >= 11 is 0. The Kier molecular flexibility index (Phi) is 6.81. The van der Waals surface area contributed by atoms with E-state index in [1.165, 1.54) is 43.5 Å². The van der Waals surface area contributed by atoms with Gasteiger partial charge in [0.2, 0.25) is 5.91 Å². The number of carbonyl (C=O) groups is 3. The van der Waals surface area contributed by atoms with Crippen molar-refractivity contribution in [1.82, 2.24) is 5.32 Å². The molecule has 9 heteroatoms. The lowest BCUT2D eigenvalue weighted by atomic mass is 10.2. The Labute approximate surface area is 153 Å². The Bertz CT molecular complexity index is 840. The molecule has 0 saturated heterocycles. The van der Waals surface area contributed by atoms with E-state index in [9.17, 15) is 23.2 Å². The molecule has 7 nitrogen and oxygen atoms in total. The zero-order valence-corrected chi connectivity index (χ0v) is 14.3. The highest BCUT2D eigenvalue weighted by Gasteiger charge is 2.14. The topological polar surface area (TPSA) is 93.7 Å². The van der Waals surface area contributed by atoms with Crippen LogP contribution in [-0.2, 0) is 14.3 Å². The highest BCUT2D eigenvalue weighted by molar-refractivity contribution is 5.95. The fourth-order valence-corrected chi connectivity index (χ4v) is 1.98. The first-order valence-corrected chi connectivity index (χ1v) is 7.72. The molecule has 142 valence electrons. The maximum Gasteiger partial charge on any atom is 0.338 e. The minimum absolute atomic E-state index is 0.0311. The third kappa shape index (κ3) is 6.07. The predicted octanol–water partition coefficient (Wildman–Crippen LogP) is 1.89. The monoisotopic (exact) mass is 378 g/mol. The number of hydrogen-bond acceptors (Lipinski definition) is 5. The van der Waals surface area contributed by atoms with E-state index in [-0.39, 0.29) is 17.9 Å². The smallest absolute Gasteiger partial charge is 0.338 e. The number of benzene rings is 2. The molecule has 0 heterocycles. The molecule has 0 aromatic heterocycles. The fourth-order valence-electron chi connectivity index (χ4n) is 1.98. The van der Waals surface area contributed by atoms with Gasteiger partial charge in [-0.15, -0.1) is 0 Å². The van der Waals surface area contributed by atoms with Crippen molar-refractivity contribution in [2.45, 2.75) is 0 Å². The summed E-state index contributed by atoms with van der Waals surface area (Å²) in [4.78, 5) is 35.1. The van der Waals surface area contributed by atoms with Gasteiger partial charge < -0.3 is 20.1 Å². The van der Waals surface area contributed by atoms with E-state index in [0.29, 0.717) is 5.69 Å². The van der Waals surface area contributed by atoms with Gasteiger partial charge in [0.15, 0.2) is 18.2 Å². The lowest BCUT2D eigenvalue weighted by molar-refractivity contribution is -0.126. The SMILES string of the molecule is COc1ccc(C(=O)OCC(=O)NCC(=O)Nc2ccc(F)cc2)cc1F. The highest BCUT2D eigenvalue weighted by Crippen LogP contribution is 2.18. The van der Waals surface area contributed by atoms with Crippen molar-refractivity contribution in [3.05, 3.63) is 59.7 Å². The summed E-state index contributed by atoms with van der Waals surface area (Å²) in [6.45, 7) is -1.01. The van der Waals surface area contributed by atoms with Gasteiger partial charge in [0.1, 0.15) is 5.82 Å². The normalized spacial score (nSPS) is 10.0. The van der Waals surface area contributed by atoms with Gasteiger partial charge in [0.25, 0.3) is 5.91 Å². The van der Waals surface area contributed by atoms with Gasteiger partial charge >= 0.3 is 5.97 Å². The van der Waals surface area contributed by atoms with Crippen LogP contribution in [0.15, 0.2) is 42.5 Å². The van der Waals surface area contributed by atoms with Crippen molar-refractivity contribution in [3.63, 3.8) is 0 Å². The van der Waals surface area contributed by atoms with Crippen molar-refractivity contribution in [2.75, 3.05) is 25.6 Å². The molecule has 0 aliphatic rings. The maximum absolute atomic E-state index is 13.5. The summed E-state index contributed by atoms with van der Waals surface area (Å²) in [5.41, 5.74) is 0.277. The van der Waals surface area contributed by atoms with Crippen LogP contribution < -0.4 is 15.4 Å². The molecule has 0 fully saturated rings. The molecule has 0 saturated carbocycles. The summed E-state index contributed by atoms with van der Waals surface area (Å²) < 4.78 is 35.8. The first kappa shape index (κ1) is 19.8. The van der Waals surface area contributed by atoms with Crippen LogP contribution in [0, 0.1) is 11.6 Å². The molecule has 2 aromatic carbocycles. The molecule has 0 bridgehead atoms.